The average Bonchev–Trinajstić information content (AvgIpc) is 3.29. The first-order valence-corrected chi connectivity index (χ1v) is 15.5. The Kier molecular flexibility index (Phi) is 10.0. The summed E-state index contributed by atoms with van der Waals surface area (Å²) in [5.74, 6) is 0.324. The molecule has 4 aromatic rings. The number of nitrogens with one attached hydrogen (secondary N) is 2. The number of nitrogens with zero attached hydrogens (tertiary/aromatic N) is 1. The van der Waals surface area contributed by atoms with Gasteiger partial charge < -0.3 is 24.5 Å². The lowest BCUT2D eigenvalue weighted by molar-refractivity contribution is 0.0515. The molecule has 0 amide bonds. The van der Waals surface area contributed by atoms with Gasteiger partial charge in [0.15, 0.2) is 0 Å². The molecule has 3 aromatic carbocycles. The van der Waals surface area contributed by atoms with Crippen molar-refractivity contribution >= 4 is 32.6 Å². The van der Waals surface area contributed by atoms with E-state index in [0.29, 0.717) is 24.5 Å². The Morgan fingerprint density at radius 3 is 2.39 bits per heavy atom. The summed E-state index contributed by atoms with van der Waals surface area (Å²) in [7, 11) is -3.37. The second kappa shape index (κ2) is 13.7. The molecule has 0 saturated heterocycles. The van der Waals surface area contributed by atoms with Crippen LogP contribution in [0.5, 0.6) is 5.75 Å². The fraction of sp³-hybridized carbons (Fsp3) is 0.323. The number of rotatable bonds is 14. The van der Waals surface area contributed by atoms with Crippen LogP contribution in [0.25, 0.3) is 10.9 Å². The number of hydrogen-bond acceptors (Lipinski definition) is 7. The van der Waals surface area contributed by atoms with E-state index in [2.05, 4.69) is 23.0 Å². The SMILES string of the molecule is CCOC(=O)c1cc2cc(CC(C)NCC(O)COc3ccccc3)ccc2n1Cc1ccc(NS(C)(=O)=O)cc1. The van der Waals surface area contributed by atoms with Crippen molar-refractivity contribution in [2.45, 2.75) is 39.0 Å². The van der Waals surface area contributed by atoms with Gasteiger partial charge in [-0.1, -0.05) is 36.4 Å². The minimum atomic E-state index is -3.37. The molecule has 0 spiro atoms. The lowest BCUT2D eigenvalue weighted by Crippen LogP contribution is -2.37. The summed E-state index contributed by atoms with van der Waals surface area (Å²) < 4.78 is 38.4. The first kappa shape index (κ1) is 30.1. The summed E-state index contributed by atoms with van der Waals surface area (Å²) >= 11 is 0. The van der Waals surface area contributed by atoms with Crippen molar-refractivity contribution in [2.75, 3.05) is 30.7 Å². The molecule has 0 aliphatic carbocycles. The third-order valence-electron chi connectivity index (χ3n) is 6.48. The molecule has 10 heteroatoms. The highest BCUT2D eigenvalue weighted by Crippen LogP contribution is 2.25. The molecule has 2 atom stereocenters. The summed E-state index contributed by atoms with van der Waals surface area (Å²) in [6, 6.07) is 24.5. The molecule has 1 aromatic heterocycles. The Hall–Kier alpha value is -3.86. The van der Waals surface area contributed by atoms with Crippen molar-refractivity contribution in [1.82, 2.24) is 9.88 Å². The molecular formula is C31H37N3O6S. The third kappa shape index (κ3) is 8.81. The summed E-state index contributed by atoms with van der Waals surface area (Å²) in [4.78, 5) is 12.8. The highest BCUT2D eigenvalue weighted by molar-refractivity contribution is 7.92. The van der Waals surface area contributed by atoms with Crippen molar-refractivity contribution in [2.24, 2.45) is 0 Å². The Morgan fingerprint density at radius 1 is 1.00 bits per heavy atom. The molecule has 3 N–H and O–H groups in total. The van der Waals surface area contributed by atoms with Gasteiger partial charge in [-0.05, 0) is 73.9 Å². The lowest BCUT2D eigenvalue weighted by Gasteiger charge is -2.18. The van der Waals surface area contributed by atoms with Gasteiger partial charge in [0.05, 0.1) is 12.9 Å². The van der Waals surface area contributed by atoms with E-state index < -0.39 is 22.1 Å². The van der Waals surface area contributed by atoms with Gasteiger partial charge in [0, 0.05) is 35.7 Å². The van der Waals surface area contributed by atoms with E-state index >= 15 is 0 Å². The number of aliphatic hydroxyl groups excluding tert-OH is 1. The Morgan fingerprint density at radius 2 is 1.71 bits per heavy atom. The monoisotopic (exact) mass is 579 g/mol. The maximum absolute atomic E-state index is 12.8. The number of aromatic nitrogens is 1. The zero-order valence-corrected chi connectivity index (χ0v) is 24.4. The van der Waals surface area contributed by atoms with Crippen molar-refractivity contribution < 1.29 is 27.8 Å². The van der Waals surface area contributed by atoms with E-state index in [-0.39, 0.29) is 19.3 Å². The molecule has 41 heavy (non-hydrogen) atoms. The van der Waals surface area contributed by atoms with Gasteiger partial charge in [0.1, 0.15) is 24.2 Å². The number of ether oxygens (including phenoxy) is 2. The first-order chi connectivity index (χ1) is 19.6. The molecule has 0 aliphatic rings. The lowest BCUT2D eigenvalue weighted by atomic mass is 10.0. The zero-order valence-electron chi connectivity index (χ0n) is 23.5. The minimum Gasteiger partial charge on any atom is -0.491 e. The van der Waals surface area contributed by atoms with Crippen molar-refractivity contribution in [1.29, 1.82) is 0 Å². The molecule has 0 bridgehead atoms. The van der Waals surface area contributed by atoms with Crippen LogP contribution in [0.1, 0.15) is 35.5 Å². The van der Waals surface area contributed by atoms with Gasteiger partial charge in [-0.2, -0.15) is 0 Å². The second-order valence-electron chi connectivity index (χ2n) is 10.1. The minimum absolute atomic E-state index is 0.101. The van der Waals surface area contributed by atoms with Crippen LogP contribution in [0, 0.1) is 0 Å². The molecule has 0 saturated carbocycles. The smallest absolute Gasteiger partial charge is 0.354 e. The number of fused-ring (bicyclic) bond motifs is 1. The van der Waals surface area contributed by atoms with E-state index in [0.717, 1.165) is 40.5 Å². The number of sulfonamides is 1. The molecule has 1 heterocycles. The van der Waals surface area contributed by atoms with Crippen LogP contribution in [-0.2, 0) is 27.7 Å². The first-order valence-electron chi connectivity index (χ1n) is 13.6. The number of para-hydroxylation sites is 1. The number of carbonyl (C=O) groups excluding carboxylic acids is 1. The number of hydrogen-bond donors (Lipinski definition) is 3. The molecule has 4 rings (SSSR count). The Balaban J connectivity index is 1.44. The number of benzene rings is 3. The zero-order chi connectivity index (χ0) is 29.4. The van der Waals surface area contributed by atoms with Crippen LogP contribution in [0.3, 0.4) is 0 Å². The van der Waals surface area contributed by atoms with E-state index in [1.165, 1.54) is 0 Å². The van der Waals surface area contributed by atoms with E-state index in [1.54, 1.807) is 19.1 Å². The van der Waals surface area contributed by atoms with Crippen LogP contribution >= 0.6 is 0 Å². The largest absolute Gasteiger partial charge is 0.491 e. The van der Waals surface area contributed by atoms with E-state index in [9.17, 15) is 18.3 Å². The molecular weight excluding hydrogens is 542 g/mol. The van der Waals surface area contributed by atoms with Gasteiger partial charge in [0.25, 0.3) is 0 Å². The average molecular weight is 580 g/mol. The molecule has 0 fully saturated rings. The summed E-state index contributed by atoms with van der Waals surface area (Å²) in [6.07, 6.45) is 1.20. The fourth-order valence-corrected chi connectivity index (χ4v) is 5.16. The number of anilines is 1. The van der Waals surface area contributed by atoms with Gasteiger partial charge >= 0.3 is 5.97 Å². The molecule has 0 aliphatic heterocycles. The van der Waals surface area contributed by atoms with Crippen molar-refractivity contribution in [3.8, 4) is 5.75 Å². The third-order valence-corrected chi connectivity index (χ3v) is 7.08. The maximum atomic E-state index is 12.8. The molecule has 0 radical (unpaired) electrons. The standard InChI is InChI=1S/C31H37N3O6S/c1-4-39-31(36)30-18-25-17-24(16-22(2)32-19-27(35)21-40-28-8-6-5-7-9-28)12-15-29(25)34(30)20-23-10-13-26(14-11-23)33-41(3,37)38/h5-15,17-18,22,27,32-33,35H,4,16,19-21H2,1-3H3. The number of carbonyl (C=O) groups is 1. The summed E-state index contributed by atoms with van der Waals surface area (Å²) in [5.41, 5.74) is 3.82. The predicted molar refractivity (Wildman–Crippen MR) is 161 cm³/mol. The fourth-order valence-electron chi connectivity index (χ4n) is 4.60. The van der Waals surface area contributed by atoms with Gasteiger partial charge in [-0.15, -0.1) is 0 Å². The summed E-state index contributed by atoms with van der Waals surface area (Å²) in [6.45, 7) is 5.12. The highest BCUT2D eigenvalue weighted by atomic mass is 32.2. The Bertz CT molecular complexity index is 1550. The normalized spacial score (nSPS) is 13.1. The maximum Gasteiger partial charge on any atom is 0.354 e. The van der Waals surface area contributed by atoms with E-state index in [4.69, 9.17) is 9.47 Å². The summed E-state index contributed by atoms with van der Waals surface area (Å²) in [5, 5.41) is 14.6. The van der Waals surface area contributed by atoms with Crippen molar-refractivity contribution in [3.05, 3.63) is 95.7 Å². The van der Waals surface area contributed by atoms with Crippen LogP contribution in [0.4, 0.5) is 5.69 Å². The van der Waals surface area contributed by atoms with Crippen LogP contribution in [-0.4, -0.2) is 62.2 Å². The molecule has 2 unspecified atom stereocenters. The predicted octanol–water partition coefficient (Wildman–Crippen LogP) is 4.20. The quantitative estimate of drug-likeness (QED) is 0.192. The van der Waals surface area contributed by atoms with E-state index in [1.807, 2.05) is 65.2 Å². The number of aliphatic hydroxyl groups is 1. The molecule has 9 nitrogen and oxygen atoms in total. The van der Waals surface area contributed by atoms with Crippen LogP contribution in [0.15, 0.2) is 78.9 Å². The topological polar surface area (TPSA) is 119 Å². The Labute approximate surface area is 241 Å². The van der Waals surface area contributed by atoms with Crippen LogP contribution < -0.4 is 14.8 Å². The molecule has 218 valence electrons. The van der Waals surface area contributed by atoms with Crippen molar-refractivity contribution in [3.63, 3.8) is 0 Å². The second-order valence-corrected chi connectivity index (χ2v) is 11.8. The van der Waals surface area contributed by atoms with Gasteiger partial charge in [-0.25, -0.2) is 13.2 Å². The highest BCUT2D eigenvalue weighted by Gasteiger charge is 2.18. The van der Waals surface area contributed by atoms with Gasteiger partial charge in [0.2, 0.25) is 10.0 Å². The van der Waals surface area contributed by atoms with Crippen LogP contribution in [0.2, 0.25) is 0 Å². The van der Waals surface area contributed by atoms with Gasteiger partial charge in [-0.3, -0.25) is 4.72 Å². The number of esters is 1.